The molecule has 1 saturated heterocycles. The van der Waals surface area contributed by atoms with Gasteiger partial charge in [-0.05, 0) is 44.2 Å². The van der Waals surface area contributed by atoms with Gasteiger partial charge in [-0.3, -0.25) is 9.59 Å². The third kappa shape index (κ3) is 4.48. The van der Waals surface area contributed by atoms with Gasteiger partial charge in [0.25, 0.3) is 5.91 Å². The van der Waals surface area contributed by atoms with Crippen molar-refractivity contribution in [3.05, 3.63) is 29.8 Å². The number of amides is 1. The molecule has 120 valence electrons. The molecule has 1 aliphatic heterocycles. The number of para-hydroxylation sites is 1. The summed E-state index contributed by atoms with van der Waals surface area (Å²) in [4.78, 5) is 24.9. The van der Waals surface area contributed by atoms with Crippen LogP contribution < -0.4 is 4.74 Å². The van der Waals surface area contributed by atoms with Crippen LogP contribution in [0.15, 0.2) is 24.3 Å². The van der Waals surface area contributed by atoms with E-state index in [0.29, 0.717) is 13.0 Å². The van der Waals surface area contributed by atoms with Crippen molar-refractivity contribution in [2.45, 2.75) is 45.1 Å². The van der Waals surface area contributed by atoms with E-state index in [9.17, 15) is 9.59 Å². The Bertz CT molecular complexity index is 529. The highest BCUT2D eigenvalue weighted by Gasteiger charge is 2.27. The van der Waals surface area contributed by atoms with E-state index >= 15 is 0 Å². The Labute approximate surface area is 130 Å². The second-order valence-corrected chi connectivity index (χ2v) is 5.72. The number of ether oxygens (including phenoxy) is 1. The van der Waals surface area contributed by atoms with Gasteiger partial charge in [-0.1, -0.05) is 18.2 Å². The number of aliphatic carboxylic acids is 1. The number of benzene rings is 1. The summed E-state index contributed by atoms with van der Waals surface area (Å²) in [5.41, 5.74) is 0.997. The smallest absolute Gasteiger partial charge is 0.303 e. The molecule has 1 aromatic rings. The summed E-state index contributed by atoms with van der Waals surface area (Å²) in [5, 5.41) is 8.82. The Hall–Kier alpha value is -2.04. The normalized spacial score (nSPS) is 18.0. The van der Waals surface area contributed by atoms with Crippen LogP contribution in [-0.4, -0.2) is 41.1 Å². The number of rotatable bonds is 6. The van der Waals surface area contributed by atoms with Gasteiger partial charge in [-0.15, -0.1) is 0 Å². The molecule has 5 heteroatoms. The number of carbonyl (C=O) groups is 2. The van der Waals surface area contributed by atoms with Gasteiger partial charge in [0, 0.05) is 19.0 Å². The zero-order chi connectivity index (χ0) is 15.9. The number of carboxylic acid groups (broad SMARTS) is 1. The van der Waals surface area contributed by atoms with Crippen molar-refractivity contribution in [1.82, 2.24) is 4.90 Å². The molecule has 1 atom stereocenters. The molecule has 0 aromatic heterocycles. The SMILES string of the molecule is Cc1ccccc1OCC(=O)N1CCCC[C@@H]1CCC(=O)O. The Kier molecular flexibility index (Phi) is 5.81. The van der Waals surface area contributed by atoms with Crippen LogP contribution in [0.3, 0.4) is 0 Å². The van der Waals surface area contributed by atoms with Gasteiger partial charge in [-0.25, -0.2) is 0 Å². The summed E-state index contributed by atoms with van der Waals surface area (Å²) in [6, 6.07) is 7.62. The first-order chi connectivity index (χ1) is 10.6. The van der Waals surface area contributed by atoms with E-state index in [2.05, 4.69) is 0 Å². The third-order valence-corrected chi connectivity index (χ3v) is 4.08. The zero-order valence-corrected chi connectivity index (χ0v) is 13.0. The standard InChI is InChI=1S/C17H23NO4/c1-13-6-2-3-8-15(13)22-12-16(19)18-11-5-4-7-14(18)9-10-17(20)21/h2-3,6,8,14H,4-5,7,9-12H2,1H3,(H,20,21)/t14-/m1/s1. The van der Waals surface area contributed by atoms with E-state index in [0.717, 1.165) is 30.6 Å². The second kappa shape index (κ2) is 7.82. The number of carboxylic acids is 1. The van der Waals surface area contributed by atoms with Crippen molar-refractivity contribution >= 4 is 11.9 Å². The van der Waals surface area contributed by atoms with Gasteiger partial charge in [0.05, 0.1) is 0 Å². The molecule has 0 bridgehead atoms. The number of aryl methyl sites for hydroxylation is 1. The monoisotopic (exact) mass is 305 g/mol. The number of piperidine rings is 1. The van der Waals surface area contributed by atoms with Crippen LogP contribution >= 0.6 is 0 Å². The van der Waals surface area contributed by atoms with Gasteiger partial charge < -0.3 is 14.7 Å². The summed E-state index contributed by atoms with van der Waals surface area (Å²) in [7, 11) is 0. The lowest BCUT2D eigenvalue weighted by atomic mass is 9.98. The van der Waals surface area contributed by atoms with E-state index in [4.69, 9.17) is 9.84 Å². The van der Waals surface area contributed by atoms with Crippen LogP contribution in [0, 0.1) is 6.92 Å². The van der Waals surface area contributed by atoms with E-state index < -0.39 is 5.97 Å². The fourth-order valence-electron chi connectivity index (χ4n) is 2.86. The fourth-order valence-corrected chi connectivity index (χ4v) is 2.86. The van der Waals surface area contributed by atoms with E-state index in [1.807, 2.05) is 31.2 Å². The molecule has 0 saturated carbocycles. The van der Waals surface area contributed by atoms with Crippen LogP contribution in [0.4, 0.5) is 0 Å². The molecule has 2 rings (SSSR count). The number of hydrogen-bond acceptors (Lipinski definition) is 3. The predicted molar refractivity (Wildman–Crippen MR) is 82.9 cm³/mol. The second-order valence-electron chi connectivity index (χ2n) is 5.72. The molecule has 0 radical (unpaired) electrons. The van der Waals surface area contributed by atoms with Crippen LogP contribution in [-0.2, 0) is 9.59 Å². The van der Waals surface area contributed by atoms with Crippen LogP contribution in [0.5, 0.6) is 5.75 Å². The minimum atomic E-state index is -0.811. The molecular formula is C17H23NO4. The molecule has 1 fully saturated rings. The topological polar surface area (TPSA) is 66.8 Å². The van der Waals surface area contributed by atoms with Crippen molar-refractivity contribution in [2.75, 3.05) is 13.2 Å². The maximum atomic E-state index is 12.4. The third-order valence-electron chi connectivity index (χ3n) is 4.08. The van der Waals surface area contributed by atoms with Crippen molar-refractivity contribution in [2.24, 2.45) is 0 Å². The predicted octanol–water partition coefficient (Wildman–Crippen LogP) is 2.62. The van der Waals surface area contributed by atoms with Crippen molar-refractivity contribution in [3.63, 3.8) is 0 Å². The largest absolute Gasteiger partial charge is 0.484 e. The molecule has 0 unspecified atom stereocenters. The average molecular weight is 305 g/mol. The zero-order valence-electron chi connectivity index (χ0n) is 13.0. The number of nitrogens with zero attached hydrogens (tertiary/aromatic N) is 1. The van der Waals surface area contributed by atoms with E-state index in [1.54, 1.807) is 4.90 Å². The highest BCUT2D eigenvalue weighted by molar-refractivity contribution is 5.78. The van der Waals surface area contributed by atoms with Crippen molar-refractivity contribution in [3.8, 4) is 5.75 Å². The first kappa shape index (κ1) is 16.3. The van der Waals surface area contributed by atoms with Gasteiger partial charge in [0.15, 0.2) is 6.61 Å². The Morgan fingerprint density at radius 1 is 1.32 bits per heavy atom. The molecule has 1 aromatic carbocycles. The molecule has 1 heterocycles. The molecule has 1 amide bonds. The quantitative estimate of drug-likeness (QED) is 0.877. The van der Waals surface area contributed by atoms with E-state index in [1.165, 1.54) is 0 Å². The highest BCUT2D eigenvalue weighted by Crippen LogP contribution is 2.22. The Morgan fingerprint density at radius 3 is 2.82 bits per heavy atom. The highest BCUT2D eigenvalue weighted by atomic mass is 16.5. The van der Waals surface area contributed by atoms with Crippen molar-refractivity contribution < 1.29 is 19.4 Å². The number of carbonyl (C=O) groups excluding carboxylic acids is 1. The maximum Gasteiger partial charge on any atom is 0.303 e. The summed E-state index contributed by atoms with van der Waals surface area (Å²) < 4.78 is 5.62. The first-order valence-corrected chi connectivity index (χ1v) is 7.77. The molecule has 1 N–H and O–H groups in total. The van der Waals surface area contributed by atoms with Gasteiger partial charge in [-0.2, -0.15) is 0 Å². The Balaban J connectivity index is 1.91. The van der Waals surface area contributed by atoms with Crippen LogP contribution in [0.1, 0.15) is 37.7 Å². The molecule has 0 aliphatic carbocycles. The van der Waals surface area contributed by atoms with Gasteiger partial charge in [0.1, 0.15) is 5.75 Å². The molecular weight excluding hydrogens is 282 g/mol. The summed E-state index contributed by atoms with van der Waals surface area (Å²) in [6.45, 7) is 2.64. The van der Waals surface area contributed by atoms with Crippen LogP contribution in [0.25, 0.3) is 0 Å². The minimum Gasteiger partial charge on any atom is -0.484 e. The molecule has 22 heavy (non-hydrogen) atoms. The average Bonchev–Trinajstić information content (AvgIpc) is 2.52. The summed E-state index contributed by atoms with van der Waals surface area (Å²) in [5.74, 6) is -0.151. The van der Waals surface area contributed by atoms with Crippen LogP contribution in [0.2, 0.25) is 0 Å². The Morgan fingerprint density at radius 2 is 2.09 bits per heavy atom. The maximum absolute atomic E-state index is 12.4. The summed E-state index contributed by atoms with van der Waals surface area (Å²) in [6.07, 6.45) is 3.52. The summed E-state index contributed by atoms with van der Waals surface area (Å²) >= 11 is 0. The first-order valence-electron chi connectivity index (χ1n) is 7.77. The lowest BCUT2D eigenvalue weighted by Gasteiger charge is -2.35. The molecule has 5 nitrogen and oxygen atoms in total. The van der Waals surface area contributed by atoms with Gasteiger partial charge >= 0.3 is 5.97 Å². The van der Waals surface area contributed by atoms with Gasteiger partial charge in [0.2, 0.25) is 0 Å². The lowest BCUT2D eigenvalue weighted by molar-refractivity contribution is -0.141. The number of likely N-dealkylation sites (tertiary alicyclic amines) is 1. The minimum absolute atomic E-state index is 0.00836. The van der Waals surface area contributed by atoms with Crippen molar-refractivity contribution in [1.29, 1.82) is 0 Å². The molecule has 1 aliphatic rings. The number of hydrogen-bond donors (Lipinski definition) is 1. The molecule has 0 spiro atoms. The fraction of sp³-hybridized carbons (Fsp3) is 0.529. The van der Waals surface area contributed by atoms with E-state index in [-0.39, 0.29) is 25.0 Å². The lowest BCUT2D eigenvalue weighted by Crippen LogP contribution is -2.46.